The number of amides is 1. The molecule has 2 unspecified atom stereocenters. The minimum absolute atomic E-state index is 0.00491. The van der Waals surface area contributed by atoms with Crippen molar-refractivity contribution in [3.63, 3.8) is 0 Å². The van der Waals surface area contributed by atoms with E-state index in [1.807, 2.05) is 4.90 Å². The summed E-state index contributed by atoms with van der Waals surface area (Å²) in [7, 11) is -3.20. The Morgan fingerprint density at radius 1 is 1.25 bits per heavy atom. The predicted octanol–water partition coefficient (Wildman–Crippen LogP) is 0.0588. The fraction of sp³-hybridized carbons (Fsp3) is 0.923. The Balaban J connectivity index is 1.96. The van der Waals surface area contributed by atoms with Crippen LogP contribution in [0.3, 0.4) is 0 Å². The molecule has 116 valence electrons. The van der Waals surface area contributed by atoms with Crippen LogP contribution in [0.4, 0.5) is 0 Å². The number of sulfonamides is 1. The van der Waals surface area contributed by atoms with Crippen LogP contribution in [0.15, 0.2) is 0 Å². The lowest BCUT2D eigenvalue weighted by atomic mass is 9.98. The highest BCUT2D eigenvalue weighted by Crippen LogP contribution is 2.20. The van der Waals surface area contributed by atoms with Crippen molar-refractivity contribution < 1.29 is 13.2 Å². The number of hydrogen-bond donors (Lipinski definition) is 2. The third kappa shape index (κ3) is 4.43. The van der Waals surface area contributed by atoms with E-state index in [4.69, 9.17) is 0 Å². The van der Waals surface area contributed by atoms with Crippen molar-refractivity contribution in [2.24, 2.45) is 0 Å². The fourth-order valence-corrected chi connectivity index (χ4v) is 3.51. The van der Waals surface area contributed by atoms with Gasteiger partial charge < -0.3 is 10.2 Å². The molecule has 1 amide bonds. The largest absolute Gasteiger partial charge is 0.337 e. The van der Waals surface area contributed by atoms with Crippen molar-refractivity contribution in [3.8, 4) is 0 Å². The predicted molar refractivity (Wildman–Crippen MR) is 77.8 cm³/mol. The average molecular weight is 303 g/mol. The molecule has 0 bridgehead atoms. The van der Waals surface area contributed by atoms with E-state index in [0.29, 0.717) is 6.54 Å². The van der Waals surface area contributed by atoms with Crippen LogP contribution >= 0.6 is 0 Å². The van der Waals surface area contributed by atoms with Crippen LogP contribution < -0.4 is 10.0 Å². The second-order valence-electron chi connectivity index (χ2n) is 5.80. The van der Waals surface area contributed by atoms with Gasteiger partial charge in [-0.2, -0.15) is 0 Å². The zero-order valence-electron chi connectivity index (χ0n) is 12.1. The third-order valence-corrected chi connectivity index (χ3v) is 4.79. The van der Waals surface area contributed by atoms with Crippen LogP contribution in [0, 0.1) is 0 Å². The molecule has 0 saturated carbocycles. The lowest BCUT2D eigenvalue weighted by molar-refractivity contribution is -0.137. The fourth-order valence-electron chi connectivity index (χ4n) is 3.01. The number of hydrogen-bond acceptors (Lipinski definition) is 4. The van der Waals surface area contributed by atoms with Gasteiger partial charge in [0.2, 0.25) is 15.9 Å². The maximum Gasteiger partial charge on any atom is 0.239 e. The molecule has 0 aromatic heterocycles. The van der Waals surface area contributed by atoms with E-state index in [9.17, 15) is 13.2 Å². The molecule has 6 nitrogen and oxygen atoms in total. The van der Waals surface area contributed by atoms with Gasteiger partial charge in [0.1, 0.15) is 0 Å². The van der Waals surface area contributed by atoms with Gasteiger partial charge in [-0.3, -0.25) is 4.79 Å². The van der Waals surface area contributed by atoms with Gasteiger partial charge in [0.25, 0.3) is 0 Å². The van der Waals surface area contributed by atoms with Crippen LogP contribution in [0.1, 0.15) is 38.5 Å². The normalized spacial score (nSPS) is 28.4. The lowest BCUT2D eigenvalue weighted by Crippen LogP contribution is -2.55. The summed E-state index contributed by atoms with van der Waals surface area (Å²) in [5.74, 6) is 0.143. The molecule has 2 rings (SSSR count). The molecule has 2 aliphatic heterocycles. The van der Waals surface area contributed by atoms with Gasteiger partial charge in [-0.25, -0.2) is 13.1 Å². The van der Waals surface area contributed by atoms with Crippen molar-refractivity contribution in [2.45, 2.75) is 50.6 Å². The van der Waals surface area contributed by atoms with E-state index in [1.165, 1.54) is 0 Å². The molecule has 0 spiro atoms. The van der Waals surface area contributed by atoms with E-state index in [0.717, 1.165) is 57.9 Å². The van der Waals surface area contributed by atoms with Crippen molar-refractivity contribution >= 4 is 15.9 Å². The van der Waals surface area contributed by atoms with Gasteiger partial charge in [0, 0.05) is 19.1 Å². The third-order valence-electron chi connectivity index (χ3n) is 4.10. The number of carbonyl (C=O) groups excluding carboxylic acids is 1. The molecule has 0 aliphatic carbocycles. The van der Waals surface area contributed by atoms with Gasteiger partial charge in [-0.15, -0.1) is 0 Å². The summed E-state index contributed by atoms with van der Waals surface area (Å²) in [4.78, 5) is 14.5. The minimum atomic E-state index is -3.20. The Bertz CT molecular complexity index is 432. The van der Waals surface area contributed by atoms with Gasteiger partial charge >= 0.3 is 0 Å². The average Bonchev–Trinajstić information content (AvgIpc) is 2.45. The molecule has 2 fully saturated rings. The van der Waals surface area contributed by atoms with E-state index in [1.54, 1.807) is 0 Å². The molecular weight excluding hydrogens is 278 g/mol. The van der Waals surface area contributed by atoms with Gasteiger partial charge in [-0.1, -0.05) is 6.42 Å². The minimum Gasteiger partial charge on any atom is -0.337 e. The Morgan fingerprint density at radius 3 is 2.65 bits per heavy atom. The summed E-state index contributed by atoms with van der Waals surface area (Å²) in [5, 5.41) is 3.28. The highest BCUT2D eigenvalue weighted by molar-refractivity contribution is 7.88. The molecule has 0 aromatic carbocycles. The quantitative estimate of drug-likeness (QED) is 0.770. The lowest BCUT2D eigenvalue weighted by Gasteiger charge is -2.38. The van der Waals surface area contributed by atoms with E-state index < -0.39 is 10.0 Å². The van der Waals surface area contributed by atoms with Gasteiger partial charge in [0.15, 0.2) is 0 Å². The zero-order valence-corrected chi connectivity index (χ0v) is 12.9. The molecule has 20 heavy (non-hydrogen) atoms. The maximum absolute atomic E-state index is 12.6. The topological polar surface area (TPSA) is 78.5 Å². The van der Waals surface area contributed by atoms with Gasteiger partial charge in [-0.05, 0) is 38.6 Å². The molecule has 2 N–H and O–H groups in total. The monoisotopic (exact) mass is 303 g/mol. The summed E-state index contributed by atoms with van der Waals surface area (Å²) in [6.45, 7) is 1.97. The molecule has 7 heteroatoms. The van der Waals surface area contributed by atoms with Crippen molar-refractivity contribution in [2.75, 3.05) is 25.9 Å². The highest BCUT2D eigenvalue weighted by Gasteiger charge is 2.32. The molecule has 0 radical (unpaired) electrons. The summed E-state index contributed by atoms with van der Waals surface area (Å²) in [5.41, 5.74) is 0. The van der Waals surface area contributed by atoms with Crippen LogP contribution in [0.5, 0.6) is 0 Å². The number of rotatable bonds is 4. The Kier molecular flexibility index (Phi) is 5.40. The van der Waals surface area contributed by atoms with Crippen molar-refractivity contribution in [3.05, 3.63) is 0 Å². The molecule has 2 saturated heterocycles. The van der Waals surface area contributed by atoms with Crippen molar-refractivity contribution in [1.29, 1.82) is 0 Å². The second-order valence-corrected chi connectivity index (χ2v) is 7.64. The SMILES string of the molecule is CS(=O)(=O)NCC1CCCCN1C(=O)C1CCCCN1. The van der Waals surface area contributed by atoms with Crippen LogP contribution in [0.25, 0.3) is 0 Å². The second kappa shape index (κ2) is 6.87. The number of likely N-dealkylation sites (tertiary alicyclic amines) is 1. The Morgan fingerprint density at radius 2 is 2.00 bits per heavy atom. The van der Waals surface area contributed by atoms with Crippen LogP contribution in [-0.4, -0.2) is 57.2 Å². The summed E-state index contributed by atoms with van der Waals surface area (Å²) < 4.78 is 25.0. The Labute approximate surface area is 121 Å². The smallest absolute Gasteiger partial charge is 0.239 e. The summed E-state index contributed by atoms with van der Waals surface area (Å²) in [6.07, 6.45) is 7.20. The van der Waals surface area contributed by atoms with E-state index in [2.05, 4.69) is 10.0 Å². The molecule has 2 heterocycles. The van der Waals surface area contributed by atoms with E-state index in [-0.39, 0.29) is 18.0 Å². The van der Waals surface area contributed by atoms with Gasteiger partial charge in [0.05, 0.1) is 12.3 Å². The van der Waals surface area contributed by atoms with Crippen molar-refractivity contribution in [1.82, 2.24) is 14.9 Å². The molecule has 2 atom stereocenters. The summed E-state index contributed by atoms with van der Waals surface area (Å²) in [6, 6.07) is -0.0858. The molecule has 0 aromatic rings. The Hall–Kier alpha value is -0.660. The standard InChI is InChI=1S/C13H25N3O3S/c1-20(18,19)15-10-11-6-3-5-9-16(11)13(17)12-7-2-4-8-14-12/h11-12,14-15H,2-10H2,1H3. The maximum atomic E-state index is 12.6. The first-order valence-corrected chi connectivity index (χ1v) is 9.35. The summed E-state index contributed by atoms with van der Waals surface area (Å²) >= 11 is 0. The zero-order chi connectivity index (χ0) is 14.6. The first kappa shape index (κ1) is 15.7. The highest BCUT2D eigenvalue weighted by atomic mass is 32.2. The number of nitrogens with one attached hydrogen (secondary N) is 2. The first-order valence-electron chi connectivity index (χ1n) is 7.46. The van der Waals surface area contributed by atoms with E-state index >= 15 is 0 Å². The number of nitrogens with zero attached hydrogens (tertiary/aromatic N) is 1. The number of carbonyl (C=O) groups is 1. The first-order chi connectivity index (χ1) is 9.47. The number of piperidine rings is 2. The van der Waals surface area contributed by atoms with Crippen LogP contribution in [-0.2, 0) is 14.8 Å². The molecular formula is C13H25N3O3S. The van der Waals surface area contributed by atoms with Crippen LogP contribution in [0.2, 0.25) is 0 Å². The molecule has 2 aliphatic rings.